The third-order valence-electron chi connectivity index (χ3n) is 2.84. The van der Waals surface area contributed by atoms with Crippen LogP contribution in [-0.2, 0) is 14.8 Å². The molecule has 21 heavy (non-hydrogen) atoms. The van der Waals surface area contributed by atoms with E-state index < -0.39 is 10.0 Å². The van der Waals surface area contributed by atoms with Crippen LogP contribution in [0.4, 0.5) is 0 Å². The van der Waals surface area contributed by atoms with Crippen LogP contribution in [0.15, 0.2) is 29.2 Å². The average molecular weight is 314 g/mol. The van der Waals surface area contributed by atoms with Gasteiger partial charge in [0.2, 0.25) is 10.0 Å². The third-order valence-corrected chi connectivity index (χ3v) is 4.32. The summed E-state index contributed by atoms with van der Waals surface area (Å²) in [4.78, 5) is 11.9. The Balaban J connectivity index is 2.66. The molecule has 0 bridgehead atoms. The number of hydrogen-bond donors (Lipinski definition) is 2. The van der Waals surface area contributed by atoms with Gasteiger partial charge in [0.1, 0.15) is 0 Å². The molecule has 0 atom stereocenters. The Morgan fingerprint density at radius 2 is 1.86 bits per heavy atom. The molecule has 0 aromatic heterocycles. The van der Waals surface area contributed by atoms with Crippen molar-refractivity contribution in [3.63, 3.8) is 0 Å². The summed E-state index contributed by atoms with van der Waals surface area (Å²) in [6.07, 6.45) is 1.92. The highest BCUT2D eigenvalue weighted by molar-refractivity contribution is 7.89. The summed E-state index contributed by atoms with van der Waals surface area (Å²) in [5, 5.41) is 2.78. The minimum Gasteiger partial charge on any atom is -0.383 e. The van der Waals surface area contributed by atoms with Crippen LogP contribution in [0.25, 0.3) is 0 Å². The molecule has 0 radical (unpaired) electrons. The standard InChI is InChI=1S/C14H22N2O4S/c1-3-4-9-15-14(17)12-5-7-13(8-6-12)21(18,19)16-10-11-20-2/h5-8,16H,3-4,9-11H2,1-2H3,(H,15,17). The monoisotopic (exact) mass is 314 g/mol. The van der Waals surface area contributed by atoms with E-state index in [1.165, 1.54) is 31.4 Å². The van der Waals surface area contributed by atoms with E-state index in [1.807, 2.05) is 6.92 Å². The zero-order valence-electron chi connectivity index (χ0n) is 12.4. The Kier molecular flexibility index (Phi) is 7.35. The maximum absolute atomic E-state index is 11.9. The van der Waals surface area contributed by atoms with E-state index in [0.29, 0.717) is 18.7 Å². The highest BCUT2D eigenvalue weighted by atomic mass is 32.2. The molecule has 0 heterocycles. The minimum absolute atomic E-state index is 0.128. The van der Waals surface area contributed by atoms with E-state index in [2.05, 4.69) is 10.0 Å². The Morgan fingerprint density at radius 3 is 2.43 bits per heavy atom. The zero-order chi connectivity index (χ0) is 15.7. The molecule has 0 aliphatic rings. The molecule has 2 N–H and O–H groups in total. The molecule has 0 unspecified atom stereocenters. The number of nitrogens with one attached hydrogen (secondary N) is 2. The number of carbonyl (C=O) groups is 1. The number of methoxy groups -OCH3 is 1. The van der Waals surface area contributed by atoms with Gasteiger partial charge in [0.05, 0.1) is 11.5 Å². The van der Waals surface area contributed by atoms with Gasteiger partial charge in [-0.2, -0.15) is 0 Å². The highest BCUT2D eigenvalue weighted by Crippen LogP contribution is 2.10. The van der Waals surface area contributed by atoms with Crippen molar-refractivity contribution in [2.24, 2.45) is 0 Å². The molecule has 1 aromatic rings. The second-order valence-corrected chi connectivity index (χ2v) is 6.29. The smallest absolute Gasteiger partial charge is 0.251 e. The SMILES string of the molecule is CCCCNC(=O)c1ccc(S(=O)(=O)NCCOC)cc1. The summed E-state index contributed by atoms with van der Waals surface area (Å²) < 4.78 is 31.1. The van der Waals surface area contributed by atoms with Crippen LogP contribution >= 0.6 is 0 Å². The van der Waals surface area contributed by atoms with Gasteiger partial charge in [-0.15, -0.1) is 0 Å². The van der Waals surface area contributed by atoms with Crippen molar-refractivity contribution in [2.75, 3.05) is 26.8 Å². The van der Waals surface area contributed by atoms with Crippen molar-refractivity contribution >= 4 is 15.9 Å². The molecule has 0 aliphatic carbocycles. The quantitative estimate of drug-likeness (QED) is 0.670. The van der Waals surface area contributed by atoms with Gasteiger partial charge >= 0.3 is 0 Å². The lowest BCUT2D eigenvalue weighted by Crippen LogP contribution is -2.27. The number of rotatable bonds is 9. The number of unbranched alkanes of at least 4 members (excludes halogenated alkanes) is 1. The first kappa shape index (κ1) is 17.6. The summed E-state index contributed by atoms with van der Waals surface area (Å²) in [6.45, 7) is 3.17. The fraction of sp³-hybridized carbons (Fsp3) is 0.500. The summed E-state index contributed by atoms with van der Waals surface area (Å²) in [5.41, 5.74) is 0.446. The number of benzene rings is 1. The van der Waals surface area contributed by atoms with Gasteiger partial charge in [-0.05, 0) is 30.7 Å². The number of amides is 1. The molecule has 6 nitrogen and oxygen atoms in total. The predicted molar refractivity (Wildman–Crippen MR) is 80.7 cm³/mol. The van der Waals surface area contributed by atoms with Gasteiger partial charge in [-0.3, -0.25) is 4.79 Å². The van der Waals surface area contributed by atoms with Crippen molar-refractivity contribution in [3.05, 3.63) is 29.8 Å². The summed E-state index contributed by atoms with van der Waals surface area (Å²) >= 11 is 0. The van der Waals surface area contributed by atoms with E-state index in [4.69, 9.17) is 4.74 Å². The van der Waals surface area contributed by atoms with Crippen LogP contribution in [-0.4, -0.2) is 41.1 Å². The van der Waals surface area contributed by atoms with E-state index in [9.17, 15) is 13.2 Å². The lowest BCUT2D eigenvalue weighted by Gasteiger charge is -2.08. The maximum Gasteiger partial charge on any atom is 0.251 e. The van der Waals surface area contributed by atoms with Crippen LogP contribution < -0.4 is 10.0 Å². The van der Waals surface area contributed by atoms with Gasteiger partial charge in [0.15, 0.2) is 0 Å². The molecule has 7 heteroatoms. The van der Waals surface area contributed by atoms with Crippen LogP contribution in [0.3, 0.4) is 0 Å². The molecule has 0 fully saturated rings. The maximum atomic E-state index is 11.9. The van der Waals surface area contributed by atoms with Crippen LogP contribution in [0, 0.1) is 0 Å². The average Bonchev–Trinajstić information content (AvgIpc) is 2.47. The van der Waals surface area contributed by atoms with Crippen molar-refractivity contribution in [2.45, 2.75) is 24.7 Å². The molecule has 0 spiro atoms. The van der Waals surface area contributed by atoms with Crippen molar-refractivity contribution in [1.29, 1.82) is 0 Å². The summed E-state index contributed by atoms with van der Waals surface area (Å²) in [6, 6.07) is 5.85. The normalized spacial score (nSPS) is 11.3. The number of hydrogen-bond acceptors (Lipinski definition) is 4. The van der Waals surface area contributed by atoms with Gasteiger partial charge in [0, 0.05) is 25.8 Å². The largest absolute Gasteiger partial charge is 0.383 e. The molecular formula is C14H22N2O4S. The molecule has 1 amide bonds. The predicted octanol–water partition coefficient (Wildman–Crippen LogP) is 1.14. The highest BCUT2D eigenvalue weighted by Gasteiger charge is 2.14. The van der Waals surface area contributed by atoms with E-state index >= 15 is 0 Å². The van der Waals surface area contributed by atoms with E-state index in [1.54, 1.807) is 0 Å². The number of sulfonamides is 1. The number of ether oxygens (including phenoxy) is 1. The Labute approximate surface area is 125 Å². The zero-order valence-corrected chi connectivity index (χ0v) is 13.2. The van der Waals surface area contributed by atoms with Crippen molar-refractivity contribution in [1.82, 2.24) is 10.0 Å². The molecule has 0 saturated carbocycles. The van der Waals surface area contributed by atoms with E-state index in [0.717, 1.165) is 12.8 Å². The second kappa shape index (κ2) is 8.76. The first-order valence-electron chi connectivity index (χ1n) is 6.88. The molecule has 1 aromatic carbocycles. The molecule has 0 aliphatic heterocycles. The minimum atomic E-state index is -3.56. The van der Waals surface area contributed by atoms with Crippen LogP contribution in [0.5, 0.6) is 0 Å². The third kappa shape index (κ3) is 5.82. The van der Waals surface area contributed by atoms with Gasteiger partial charge in [-0.25, -0.2) is 13.1 Å². The van der Waals surface area contributed by atoms with Gasteiger partial charge in [-0.1, -0.05) is 13.3 Å². The van der Waals surface area contributed by atoms with Crippen LogP contribution in [0.1, 0.15) is 30.1 Å². The van der Waals surface area contributed by atoms with Gasteiger partial charge < -0.3 is 10.1 Å². The fourth-order valence-corrected chi connectivity index (χ4v) is 2.64. The summed E-state index contributed by atoms with van der Waals surface area (Å²) in [5.74, 6) is -0.195. The van der Waals surface area contributed by atoms with Crippen molar-refractivity contribution < 1.29 is 17.9 Å². The molecule has 1 rings (SSSR count). The lowest BCUT2D eigenvalue weighted by molar-refractivity contribution is 0.0953. The molecule has 118 valence electrons. The lowest BCUT2D eigenvalue weighted by atomic mass is 10.2. The van der Waals surface area contributed by atoms with Gasteiger partial charge in [0.25, 0.3) is 5.91 Å². The summed E-state index contributed by atoms with van der Waals surface area (Å²) in [7, 11) is -2.06. The molecule has 0 saturated heterocycles. The Morgan fingerprint density at radius 1 is 1.19 bits per heavy atom. The topological polar surface area (TPSA) is 84.5 Å². The first-order valence-corrected chi connectivity index (χ1v) is 8.36. The second-order valence-electron chi connectivity index (χ2n) is 4.52. The first-order chi connectivity index (χ1) is 10.0. The fourth-order valence-electron chi connectivity index (χ4n) is 1.63. The van der Waals surface area contributed by atoms with E-state index in [-0.39, 0.29) is 17.3 Å². The molecular weight excluding hydrogens is 292 g/mol. The Hall–Kier alpha value is -1.44. The Bertz CT molecular complexity index is 541. The van der Waals surface area contributed by atoms with Crippen LogP contribution in [0.2, 0.25) is 0 Å². The number of carbonyl (C=O) groups excluding carboxylic acids is 1. The van der Waals surface area contributed by atoms with Crippen molar-refractivity contribution in [3.8, 4) is 0 Å².